The van der Waals surface area contributed by atoms with Crippen molar-refractivity contribution in [3.63, 3.8) is 0 Å². The number of carbonyl (C=O) groups is 1. The summed E-state index contributed by atoms with van der Waals surface area (Å²) in [7, 11) is 0. The maximum absolute atomic E-state index is 13.6. The van der Waals surface area contributed by atoms with Crippen LogP contribution >= 0.6 is 0 Å². The zero-order chi connectivity index (χ0) is 22.8. The Morgan fingerprint density at radius 1 is 1.18 bits per heavy atom. The summed E-state index contributed by atoms with van der Waals surface area (Å²) in [6.45, 7) is 6.47. The average Bonchev–Trinajstić information content (AvgIpc) is 3.53. The molecule has 1 atom stereocenters. The number of likely N-dealkylation sites (N-methyl/N-ethyl adjacent to an activating group) is 1. The predicted octanol–water partition coefficient (Wildman–Crippen LogP) is 1.89. The van der Waals surface area contributed by atoms with Crippen LogP contribution in [0.2, 0.25) is 0 Å². The molecule has 11 nitrogen and oxygen atoms in total. The number of fused-ring (bicyclic) bond motifs is 1. The van der Waals surface area contributed by atoms with E-state index in [0.717, 1.165) is 58.4 Å². The van der Waals surface area contributed by atoms with Gasteiger partial charge in [0, 0.05) is 26.2 Å². The van der Waals surface area contributed by atoms with Gasteiger partial charge in [0.05, 0.1) is 6.26 Å². The van der Waals surface area contributed by atoms with Crippen molar-refractivity contribution in [3.05, 3.63) is 18.4 Å². The van der Waals surface area contributed by atoms with Crippen LogP contribution < -0.4 is 11.1 Å². The minimum atomic E-state index is -0.382. The van der Waals surface area contributed by atoms with Gasteiger partial charge in [-0.15, -0.1) is 5.10 Å². The van der Waals surface area contributed by atoms with Crippen LogP contribution in [-0.2, 0) is 4.79 Å². The first kappa shape index (κ1) is 21.6. The van der Waals surface area contributed by atoms with Gasteiger partial charge in [0.15, 0.2) is 5.76 Å². The number of hydrogen-bond donors (Lipinski definition) is 2. The lowest BCUT2D eigenvalue weighted by Gasteiger charge is -2.38. The van der Waals surface area contributed by atoms with Crippen molar-refractivity contribution < 1.29 is 9.21 Å². The average molecular weight is 454 g/mol. The Labute approximate surface area is 192 Å². The zero-order valence-electron chi connectivity index (χ0n) is 19.0. The second-order valence-corrected chi connectivity index (χ2v) is 8.81. The summed E-state index contributed by atoms with van der Waals surface area (Å²) in [4.78, 5) is 31.3. The second-order valence-electron chi connectivity index (χ2n) is 8.81. The number of amides is 1. The highest BCUT2D eigenvalue weighted by Gasteiger charge is 2.34. The first-order valence-electron chi connectivity index (χ1n) is 11.8. The summed E-state index contributed by atoms with van der Waals surface area (Å²) in [5, 5.41) is 7.68. The SMILES string of the molecule is CCN1CCN(C(=O)[C@@H](Nc2nc(N)n3nc(-c4ccco4)nc3n2)C2CCCCC2)CC1. The van der Waals surface area contributed by atoms with E-state index in [9.17, 15) is 4.79 Å². The molecule has 5 rings (SSSR count). The fraction of sp³-hybridized carbons (Fsp3) is 0.591. The van der Waals surface area contributed by atoms with Crippen LogP contribution in [0.4, 0.5) is 11.9 Å². The molecule has 1 saturated carbocycles. The van der Waals surface area contributed by atoms with Gasteiger partial charge in [-0.3, -0.25) is 4.79 Å². The Hall–Kier alpha value is -3.21. The van der Waals surface area contributed by atoms with Gasteiger partial charge in [-0.2, -0.15) is 19.5 Å². The van der Waals surface area contributed by atoms with E-state index in [4.69, 9.17) is 10.2 Å². The number of nitrogen functional groups attached to an aromatic ring is 1. The van der Waals surface area contributed by atoms with E-state index in [1.165, 1.54) is 10.9 Å². The van der Waals surface area contributed by atoms with Crippen LogP contribution in [0.3, 0.4) is 0 Å². The minimum Gasteiger partial charge on any atom is -0.461 e. The molecule has 2 aliphatic rings. The number of hydrogen-bond acceptors (Lipinski definition) is 9. The van der Waals surface area contributed by atoms with Crippen LogP contribution in [-0.4, -0.2) is 79.0 Å². The molecule has 0 bridgehead atoms. The molecule has 0 radical (unpaired) electrons. The number of piperazine rings is 1. The lowest BCUT2D eigenvalue weighted by molar-refractivity contribution is -0.135. The van der Waals surface area contributed by atoms with Gasteiger partial charge in [0.1, 0.15) is 6.04 Å². The van der Waals surface area contributed by atoms with Crippen LogP contribution in [0.5, 0.6) is 0 Å². The lowest BCUT2D eigenvalue weighted by Crippen LogP contribution is -2.54. The maximum atomic E-state index is 13.6. The number of anilines is 2. The van der Waals surface area contributed by atoms with Gasteiger partial charge in [-0.1, -0.05) is 26.2 Å². The monoisotopic (exact) mass is 453 g/mol. The zero-order valence-corrected chi connectivity index (χ0v) is 19.0. The molecule has 0 spiro atoms. The molecule has 3 N–H and O–H groups in total. The van der Waals surface area contributed by atoms with Gasteiger partial charge in [-0.25, -0.2) is 0 Å². The summed E-state index contributed by atoms with van der Waals surface area (Å²) in [6.07, 6.45) is 7.09. The van der Waals surface area contributed by atoms with Crippen LogP contribution in [0.1, 0.15) is 39.0 Å². The minimum absolute atomic E-state index is 0.123. The smallest absolute Gasteiger partial charge is 0.259 e. The summed E-state index contributed by atoms with van der Waals surface area (Å²) >= 11 is 0. The van der Waals surface area contributed by atoms with Crippen molar-refractivity contribution in [2.75, 3.05) is 43.8 Å². The molecular formula is C22H31N9O2. The molecule has 3 aromatic rings. The van der Waals surface area contributed by atoms with E-state index in [2.05, 4.69) is 37.2 Å². The van der Waals surface area contributed by atoms with Crippen molar-refractivity contribution in [2.24, 2.45) is 5.92 Å². The highest BCUT2D eigenvalue weighted by atomic mass is 16.3. The largest absolute Gasteiger partial charge is 0.461 e. The van der Waals surface area contributed by atoms with Crippen LogP contribution in [0, 0.1) is 5.92 Å². The van der Waals surface area contributed by atoms with E-state index < -0.39 is 0 Å². The lowest BCUT2D eigenvalue weighted by atomic mass is 9.83. The summed E-state index contributed by atoms with van der Waals surface area (Å²) in [5.74, 6) is 2.03. The standard InChI is InChI=1S/C22H31N9O2/c1-2-29-10-12-30(13-11-29)19(32)17(15-7-4-3-5-8-15)24-21-26-20(23)31-22(27-21)25-18(28-31)16-9-6-14-33-16/h6,9,14-15,17H,2-5,7-8,10-13H2,1H3,(H3,23,24,25,26,27,28)/t17-/m0/s1. The highest BCUT2D eigenvalue weighted by Crippen LogP contribution is 2.29. The summed E-state index contributed by atoms with van der Waals surface area (Å²) in [5.41, 5.74) is 6.17. The van der Waals surface area contributed by atoms with E-state index in [-0.39, 0.29) is 23.8 Å². The molecular weight excluding hydrogens is 422 g/mol. The molecule has 1 aliphatic heterocycles. The van der Waals surface area contributed by atoms with Crippen molar-refractivity contribution in [1.82, 2.24) is 34.4 Å². The Morgan fingerprint density at radius 3 is 2.67 bits per heavy atom. The third kappa shape index (κ3) is 4.50. The molecule has 1 saturated heterocycles. The maximum Gasteiger partial charge on any atom is 0.259 e. The summed E-state index contributed by atoms with van der Waals surface area (Å²) < 4.78 is 6.76. The number of aromatic nitrogens is 5. The molecule has 0 aromatic carbocycles. The van der Waals surface area contributed by atoms with E-state index >= 15 is 0 Å². The van der Waals surface area contributed by atoms with Crippen LogP contribution in [0.15, 0.2) is 22.8 Å². The third-order valence-electron chi connectivity index (χ3n) is 6.78. The Kier molecular flexibility index (Phi) is 6.12. The van der Waals surface area contributed by atoms with Crippen molar-refractivity contribution >= 4 is 23.6 Å². The molecule has 1 aliphatic carbocycles. The molecule has 0 unspecified atom stereocenters. The second kappa shape index (κ2) is 9.34. The van der Waals surface area contributed by atoms with Crippen molar-refractivity contribution in [3.8, 4) is 11.6 Å². The molecule has 33 heavy (non-hydrogen) atoms. The molecule has 4 heterocycles. The number of rotatable bonds is 6. The normalized spacial score (nSPS) is 19.1. The first-order valence-corrected chi connectivity index (χ1v) is 11.8. The predicted molar refractivity (Wildman–Crippen MR) is 123 cm³/mol. The molecule has 11 heteroatoms. The summed E-state index contributed by atoms with van der Waals surface area (Å²) in [6, 6.07) is 3.16. The number of furan rings is 1. The highest BCUT2D eigenvalue weighted by molar-refractivity contribution is 5.85. The van der Waals surface area contributed by atoms with Gasteiger partial charge >= 0.3 is 0 Å². The molecule has 2 fully saturated rings. The molecule has 176 valence electrons. The van der Waals surface area contributed by atoms with Crippen molar-refractivity contribution in [2.45, 2.75) is 45.1 Å². The fourth-order valence-corrected chi connectivity index (χ4v) is 4.85. The topological polar surface area (TPSA) is 131 Å². The van der Waals surface area contributed by atoms with E-state index in [1.807, 2.05) is 4.90 Å². The number of nitrogens with one attached hydrogen (secondary N) is 1. The van der Waals surface area contributed by atoms with Gasteiger partial charge in [-0.05, 0) is 37.4 Å². The molecule has 1 amide bonds. The molecule has 3 aromatic heterocycles. The van der Waals surface area contributed by atoms with E-state index in [1.54, 1.807) is 18.4 Å². The van der Waals surface area contributed by atoms with Gasteiger partial charge < -0.3 is 25.3 Å². The van der Waals surface area contributed by atoms with Crippen molar-refractivity contribution in [1.29, 1.82) is 0 Å². The quantitative estimate of drug-likeness (QED) is 0.574. The van der Waals surface area contributed by atoms with Gasteiger partial charge in [0.2, 0.25) is 23.6 Å². The van der Waals surface area contributed by atoms with Gasteiger partial charge in [0.25, 0.3) is 5.78 Å². The number of nitrogens with zero attached hydrogens (tertiary/aromatic N) is 7. The first-order chi connectivity index (χ1) is 16.1. The van der Waals surface area contributed by atoms with Crippen LogP contribution in [0.25, 0.3) is 17.4 Å². The Balaban J connectivity index is 1.40. The number of carbonyl (C=O) groups excluding carboxylic acids is 1. The van der Waals surface area contributed by atoms with E-state index in [0.29, 0.717) is 23.3 Å². The fourth-order valence-electron chi connectivity index (χ4n) is 4.85. The third-order valence-corrected chi connectivity index (χ3v) is 6.78. The Morgan fingerprint density at radius 2 is 1.97 bits per heavy atom. The Bertz CT molecular complexity index is 1080. The number of nitrogens with two attached hydrogens (primary N) is 1.